The quantitative estimate of drug-likeness (QED) is 0.671. The highest BCUT2D eigenvalue weighted by molar-refractivity contribution is 5.97. The summed E-state index contributed by atoms with van der Waals surface area (Å²) in [6.45, 7) is 3.70. The molecule has 0 saturated heterocycles. The summed E-state index contributed by atoms with van der Waals surface area (Å²) < 4.78 is 1.77. The molecular weight excluding hydrogens is 260 g/mol. The molecule has 0 radical (unpaired) electrons. The van der Waals surface area contributed by atoms with Crippen molar-refractivity contribution in [3.8, 4) is 0 Å². The number of benzene rings is 1. The molecule has 1 heterocycles. The Hall–Kier alpha value is -2.63. The standard InChI is InChI=1S/C14H14N2O4/c1-3-9-4-6-11(16(19)20)13-10(5-7-12(17)18)8-15(2)14(9)13/h3-4,6,8H,1,5,7H2,2H3,(H,17,18). The molecule has 0 aliphatic heterocycles. The minimum Gasteiger partial charge on any atom is -0.481 e. The molecule has 1 aromatic carbocycles. The summed E-state index contributed by atoms with van der Waals surface area (Å²) in [6, 6.07) is 3.08. The monoisotopic (exact) mass is 274 g/mol. The van der Waals surface area contributed by atoms with E-state index in [-0.39, 0.29) is 18.5 Å². The van der Waals surface area contributed by atoms with Crippen LogP contribution in [-0.4, -0.2) is 20.6 Å². The number of nitrogens with zero attached hydrogens (tertiary/aromatic N) is 2. The predicted octanol–water partition coefficient (Wildman–Crippen LogP) is 2.75. The Morgan fingerprint density at radius 3 is 2.80 bits per heavy atom. The van der Waals surface area contributed by atoms with Crippen LogP contribution in [0.15, 0.2) is 24.9 Å². The van der Waals surface area contributed by atoms with Gasteiger partial charge < -0.3 is 9.67 Å². The first-order valence-electron chi connectivity index (χ1n) is 6.05. The molecule has 6 heteroatoms. The maximum Gasteiger partial charge on any atom is 0.303 e. The average molecular weight is 274 g/mol. The average Bonchev–Trinajstić information content (AvgIpc) is 2.73. The van der Waals surface area contributed by atoms with Crippen molar-refractivity contribution in [3.63, 3.8) is 0 Å². The van der Waals surface area contributed by atoms with Gasteiger partial charge in [0.1, 0.15) is 0 Å². The predicted molar refractivity (Wildman–Crippen MR) is 75.6 cm³/mol. The van der Waals surface area contributed by atoms with Crippen LogP contribution in [0.5, 0.6) is 0 Å². The lowest BCUT2D eigenvalue weighted by atomic mass is 10.0. The Morgan fingerprint density at radius 1 is 1.55 bits per heavy atom. The van der Waals surface area contributed by atoms with Crippen molar-refractivity contribution in [1.29, 1.82) is 0 Å². The van der Waals surface area contributed by atoms with E-state index in [2.05, 4.69) is 6.58 Å². The van der Waals surface area contributed by atoms with E-state index in [9.17, 15) is 14.9 Å². The van der Waals surface area contributed by atoms with Gasteiger partial charge in [0.2, 0.25) is 0 Å². The second-order valence-electron chi connectivity index (χ2n) is 4.52. The van der Waals surface area contributed by atoms with Crippen molar-refractivity contribution in [1.82, 2.24) is 4.57 Å². The van der Waals surface area contributed by atoms with Gasteiger partial charge in [-0.3, -0.25) is 14.9 Å². The van der Waals surface area contributed by atoms with E-state index < -0.39 is 10.9 Å². The Morgan fingerprint density at radius 2 is 2.25 bits per heavy atom. The first-order valence-corrected chi connectivity index (χ1v) is 6.05. The topological polar surface area (TPSA) is 85.4 Å². The summed E-state index contributed by atoms with van der Waals surface area (Å²) in [5.74, 6) is -0.926. The lowest BCUT2D eigenvalue weighted by Gasteiger charge is -2.03. The highest BCUT2D eigenvalue weighted by atomic mass is 16.6. The van der Waals surface area contributed by atoms with Crippen molar-refractivity contribution in [3.05, 3.63) is 46.1 Å². The fourth-order valence-electron chi connectivity index (χ4n) is 2.40. The molecule has 0 aliphatic carbocycles. The second-order valence-corrected chi connectivity index (χ2v) is 4.52. The van der Waals surface area contributed by atoms with E-state index >= 15 is 0 Å². The minimum absolute atomic E-state index is 0.00779. The van der Waals surface area contributed by atoms with Gasteiger partial charge in [0.05, 0.1) is 15.8 Å². The molecule has 0 fully saturated rings. The highest BCUT2D eigenvalue weighted by Gasteiger charge is 2.20. The molecule has 0 unspecified atom stereocenters. The van der Waals surface area contributed by atoms with Gasteiger partial charge in [0.15, 0.2) is 0 Å². The Kier molecular flexibility index (Phi) is 3.56. The van der Waals surface area contributed by atoms with Crippen LogP contribution < -0.4 is 0 Å². The number of aryl methyl sites for hydroxylation is 2. The number of nitro groups is 1. The molecule has 0 amide bonds. The number of fused-ring (bicyclic) bond motifs is 1. The molecular formula is C14H14N2O4. The third-order valence-electron chi connectivity index (χ3n) is 3.24. The van der Waals surface area contributed by atoms with E-state index in [1.54, 1.807) is 30.0 Å². The minimum atomic E-state index is -0.926. The molecule has 1 aromatic heterocycles. The smallest absolute Gasteiger partial charge is 0.303 e. The SMILES string of the molecule is C=Cc1ccc([N+](=O)[O-])c2c(CCC(=O)O)cn(C)c12. The Balaban J connectivity index is 2.72. The van der Waals surface area contributed by atoms with Gasteiger partial charge in [-0.05, 0) is 23.6 Å². The number of nitro benzene ring substituents is 1. The van der Waals surface area contributed by atoms with Gasteiger partial charge >= 0.3 is 5.97 Å². The summed E-state index contributed by atoms with van der Waals surface area (Å²) in [7, 11) is 1.78. The lowest BCUT2D eigenvalue weighted by molar-refractivity contribution is -0.383. The van der Waals surface area contributed by atoms with Gasteiger partial charge in [0.25, 0.3) is 5.69 Å². The van der Waals surface area contributed by atoms with Crippen molar-refractivity contribution in [2.75, 3.05) is 0 Å². The fraction of sp³-hybridized carbons (Fsp3) is 0.214. The highest BCUT2D eigenvalue weighted by Crippen LogP contribution is 2.33. The number of aromatic nitrogens is 1. The van der Waals surface area contributed by atoms with Crippen LogP contribution in [0.2, 0.25) is 0 Å². The van der Waals surface area contributed by atoms with E-state index in [1.807, 2.05) is 0 Å². The molecule has 0 atom stereocenters. The normalized spacial score (nSPS) is 10.7. The van der Waals surface area contributed by atoms with Crippen LogP contribution in [0, 0.1) is 10.1 Å². The molecule has 1 N–H and O–H groups in total. The van der Waals surface area contributed by atoms with Gasteiger partial charge in [-0.25, -0.2) is 0 Å². The number of rotatable bonds is 5. The summed E-state index contributed by atoms with van der Waals surface area (Å²) >= 11 is 0. The van der Waals surface area contributed by atoms with Gasteiger partial charge in [-0.15, -0.1) is 0 Å². The summed E-state index contributed by atoms with van der Waals surface area (Å²) in [5.41, 5.74) is 2.15. The number of hydrogen-bond donors (Lipinski definition) is 1. The second kappa shape index (κ2) is 5.16. The van der Waals surface area contributed by atoms with Crippen LogP contribution in [0.1, 0.15) is 17.5 Å². The zero-order chi connectivity index (χ0) is 14.9. The number of non-ortho nitro benzene ring substituents is 1. The van der Waals surface area contributed by atoms with Crippen LogP contribution in [0.25, 0.3) is 17.0 Å². The Bertz CT molecular complexity index is 716. The number of aliphatic carboxylic acids is 1. The third kappa shape index (κ3) is 2.27. The molecule has 2 rings (SSSR count). The van der Waals surface area contributed by atoms with Crippen molar-refractivity contribution in [2.45, 2.75) is 12.8 Å². The van der Waals surface area contributed by atoms with E-state index in [4.69, 9.17) is 5.11 Å². The molecule has 0 bridgehead atoms. The van der Waals surface area contributed by atoms with E-state index in [1.165, 1.54) is 6.07 Å². The van der Waals surface area contributed by atoms with Crippen LogP contribution in [0.3, 0.4) is 0 Å². The molecule has 6 nitrogen and oxygen atoms in total. The first kappa shape index (κ1) is 13.8. The van der Waals surface area contributed by atoms with E-state index in [0.717, 1.165) is 5.56 Å². The maximum absolute atomic E-state index is 11.2. The molecule has 2 aromatic rings. The zero-order valence-corrected chi connectivity index (χ0v) is 11.0. The first-order chi connectivity index (χ1) is 9.45. The molecule has 0 saturated carbocycles. The van der Waals surface area contributed by atoms with Crippen LogP contribution in [-0.2, 0) is 18.3 Å². The molecule has 104 valence electrons. The number of carboxylic acid groups (broad SMARTS) is 1. The number of carboxylic acids is 1. The summed E-state index contributed by atoms with van der Waals surface area (Å²) in [5, 5.41) is 20.4. The summed E-state index contributed by atoms with van der Waals surface area (Å²) in [4.78, 5) is 21.4. The van der Waals surface area contributed by atoms with Crippen molar-refractivity contribution in [2.24, 2.45) is 7.05 Å². The zero-order valence-electron chi connectivity index (χ0n) is 11.0. The lowest BCUT2D eigenvalue weighted by Crippen LogP contribution is -1.98. The van der Waals surface area contributed by atoms with Gasteiger partial charge in [0, 0.05) is 25.7 Å². The van der Waals surface area contributed by atoms with Crippen molar-refractivity contribution >= 4 is 28.6 Å². The van der Waals surface area contributed by atoms with E-state index in [0.29, 0.717) is 16.5 Å². The Labute approximate surface area is 115 Å². The molecule has 20 heavy (non-hydrogen) atoms. The van der Waals surface area contributed by atoms with Crippen molar-refractivity contribution < 1.29 is 14.8 Å². The molecule has 0 aliphatic rings. The summed E-state index contributed by atoms with van der Waals surface area (Å²) in [6.07, 6.45) is 3.57. The van der Waals surface area contributed by atoms with Crippen LogP contribution in [0.4, 0.5) is 5.69 Å². The van der Waals surface area contributed by atoms with Gasteiger partial charge in [-0.2, -0.15) is 0 Å². The fourth-order valence-corrected chi connectivity index (χ4v) is 2.40. The maximum atomic E-state index is 11.2. The number of carbonyl (C=O) groups is 1. The van der Waals surface area contributed by atoms with Gasteiger partial charge in [-0.1, -0.05) is 12.7 Å². The van der Waals surface area contributed by atoms with Crippen LogP contribution >= 0.6 is 0 Å². The molecule has 0 spiro atoms. The number of hydrogen-bond acceptors (Lipinski definition) is 3. The third-order valence-corrected chi connectivity index (χ3v) is 3.24. The largest absolute Gasteiger partial charge is 0.481 e.